The summed E-state index contributed by atoms with van der Waals surface area (Å²) in [6.45, 7) is -0.280. The number of halogens is 1. The van der Waals surface area contributed by atoms with Gasteiger partial charge in [0, 0.05) is 27.2 Å². The van der Waals surface area contributed by atoms with E-state index in [-0.39, 0.29) is 35.7 Å². The van der Waals surface area contributed by atoms with Gasteiger partial charge < -0.3 is 9.88 Å². The maximum Gasteiger partial charge on any atom is 0.332 e. The number of aryl methyl sites for hydroxylation is 1. The van der Waals surface area contributed by atoms with Gasteiger partial charge in [-0.3, -0.25) is 33.2 Å². The number of hydrogen-bond acceptors (Lipinski definition) is 7. The van der Waals surface area contributed by atoms with E-state index in [1.807, 2.05) is 0 Å². The summed E-state index contributed by atoms with van der Waals surface area (Å²) in [5, 5.41) is 2.13. The van der Waals surface area contributed by atoms with Gasteiger partial charge in [0.15, 0.2) is 11.2 Å². The molecule has 0 radical (unpaired) electrons. The van der Waals surface area contributed by atoms with Crippen molar-refractivity contribution < 1.29 is 18.8 Å². The second-order valence-corrected chi connectivity index (χ2v) is 8.48. The Labute approximate surface area is 195 Å². The van der Waals surface area contributed by atoms with Gasteiger partial charge in [-0.2, -0.15) is 0 Å². The molecule has 2 aromatic heterocycles. The van der Waals surface area contributed by atoms with Crippen LogP contribution in [0.15, 0.2) is 45.1 Å². The summed E-state index contributed by atoms with van der Waals surface area (Å²) in [5.74, 6) is -1.38. The Kier molecular flexibility index (Phi) is 6.20. The second kappa shape index (κ2) is 9.09. The van der Waals surface area contributed by atoms with Crippen molar-refractivity contribution in [3.8, 4) is 0 Å². The number of hydrogen-bond donors (Lipinski definition) is 1. The molecule has 0 saturated carbocycles. The van der Waals surface area contributed by atoms with E-state index in [1.165, 1.54) is 59.9 Å². The van der Waals surface area contributed by atoms with Crippen LogP contribution in [0.1, 0.15) is 5.56 Å². The number of imidazole rings is 1. The van der Waals surface area contributed by atoms with E-state index in [2.05, 4.69) is 10.3 Å². The molecule has 1 N–H and O–H groups in total. The molecular weight excluding hydrogens is 467 g/mol. The monoisotopic (exact) mass is 486 g/mol. The molecule has 0 unspecified atom stereocenters. The Hall–Kier alpha value is -4.00. The molecule has 13 heteroatoms. The standard InChI is InChI=1S/C21H19FN6O5S/c1-25-17-16(19(31)26(2)20(25)32)27(11-24-17)10-15(29)23-7-8-28-18(30)14(34-21(28)33)9-12-3-5-13(22)6-4-12/h3-6,9,11H,7-8,10H2,1-2H3,(H,23,29)/b14-9+. The molecule has 3 amide bonds. The van der Waals surface area contributed by atoms with Gasteiger partial charge in [-0.1, -0.05) is 12.1 Å². The summed E-state index contributed by atoms with van der Waals surface area (Å²) in [7, 11) is 2.81. The molecular formula is C21H19FN6O5S. The highest BCUT2D eigenvalue weighted by molar-refractivity contribution is 8.18. The van der Waals surface area contributed by atoms with Crippen LogP contribution in [0.3, 0.4) is 0 Å². The van der Waals surface area contributed by atoms with Crippen LogP contribution in [0.4, 0.5) is 9.18 Å². The van der Waals surface area contributed by atoms with E-state index >= 15 is 0 Å². The van der Waals surface area contributed by atoms with Crippen molar-refractivity contribution in [2.24, 2.45) is 14.1 Å². The van der Waals surface area contributed by atoms with Crippen LogP contribution in [-0.4, -0.2) is 53.7 Å². The fourth-order valence-corrected chi connectivity index (χ4v) is 4.30. The molecule has 0 atom stereocenters. The molecule has 1 aliphatic heterocycles. The zero-order chi connectivity index (χ0) is 24.6. The molecule has 11 nitrogen and oxygen atoms in total. The third kappa shape index (κ3) is 4.29. The van der Waals surface area contributed by atoms with Crippen molar-refractivity contribution in [3.63, 3.8) is 0 Å². The number of nitrogens with zero attached hydrogens (tertiary/aromatic N) is 5. The number of carbonyl (C=O) groups excluding carboxylic acids is 3. The minimum atomic E-state index is -0.575. The third-order valence-electron chi connectivity index (χ3n) is 5.23. The molecule has 0 bridgehead atoms. The first-order valence-corrected chi connectivity index (χ1v) is 10.9. The first-order valence-electron chi connectivity index (χ1n) is 10.1. The van der Waals surface area contributed by atoms with Crippen molar-refractivity contribution in [2.45, 2.75) is 6.54 Å². The fourth-order valence-electron chi connectivity index (χ4n) is 3.44. The van der Waals surface area contributed by atoms with Gasteiger partial charge in [-0.25, -0.2) is 14.2 Å². The van der Waals surface area contributed by atoms with Crippen LogP contribution in [0, 0.1) is 5.82 Å². The zero-order valence-electron chi connectivity index (χ0n) is 18.1. The highest BCUT2D eigenvalue weighted by Crippen LogP contribution is 2.31. The van der Waals surface area contributed by atoms with Gasteiger partial charge in [-0.05, 0) is 35.5 Å². The second-order valence-electron chi connectivity index (χ2n) is 7.49. The minimum Gasteiger partial charge on any atom is -0.353 e. The normalized spacial score (nSPS) is 15.0. The molecule has 0 aliphatic carbocycles. The summed E-state index contributed by atoms with van der Waals surface area (Å²) >= 11 is 0.765. The lowest BCUT2D eigenvalue weighted by Crippen LogP contribution is -2.39. The zero-order valence-corrected chi connectivity index (χ0v) is 19.0. The number of nitrogens with one attached hydrogen (secondary N) is 1. The van der Waals surface area contributed by atoms with Crippen LogP contribution in [0.25, 0.3) is 17.2 Å². The van der Waals surface area contributed by atoms with Crippen LogP contribution in [0.5, 0.6) is 0 Å². The van der Waals surface area contributed by atoms with Gasteiger partial charge in [0.1, 0.15) is 12.4 Å². The smallest absolute Gasteiger partial charge is 0.332 e. The van der Waals surface area contributed by atoms with E-state index in [0.29, 0.717) is 5.56 Å². The highest BCUT2D eigenvalue weighted by atomic mass is 32.2. The Morgan fingerprint density at radius 1 is 1.12 bits per heavy atom. The fraction of sp³-hybridized carbons (Fsp3) is 0.238. The van der Waals surface area contributed by atoms with Crippen molar-refractivity contribution >= 4 is 46.1 Å². The summed E-state index contributed by atoms with van der Waals surface area (Å²) < 4.78 is 16.5. The van der Waals surface area contributed by atoms with E-state index in [9.17, 15) is 28.4 Å². The number of imide groups is 1. The van der Waals surface area contributed by atoms with E-state index in [1.54, 1.807) is 0 Å². The van der Waals surface area contributed by atoms with Gasteiger partial charge in [-0.15, -0.1) is 0 Å². The van der Waals surface area contributed by atoms with Gasteiger partial charge >= 0.3 is 5.69 Å². The first-order chi connectivity index (χ1) is 16.2. The Balaban J connectivity index is 1.39. The first kappa shape index (κ1) is 23.2. The molecule has 1 aromatic carbocycles. The van der Waals surface area contributed by atoms with Crippen molar-refractivity contribution in [2.75, 3.05) is 13.1 Å². The lowest BCUT2D eigenvalue weighted by Gasteiger charge is -2.13. The quantitative estimate of drug-likeness (QED) is 0.500. The summed E-state index contributed by atoms with van der Waals surface area (Å²) in [5.41, 5.74) is -0.258. The molecule has 176 valence electrons. The van der Waals surface area contributed by atoms with Crippen LogP contribution in [-0.2, 0) is 30.2 Å². The van der Waals surface area contributed by atoms with Crippen molar-refractivity contribution in [3.05, 3.63) is 67.7 Å². The maximum atomic E-state index is 13.0. The number of aromatic nitrogens is 4. The summed E-state index contributed by atoms with van der Waals surface area (Å²) in [6.07, 6.45) is 2.79. The lowest BCUT2D eigenvalue weighted by atomic mass is 10.2. The number of fused-ring (bicyclic) bond motifs is 1. The van der Waals surface area contributed by atoms with Crippen molar-refractivity contribution in [1.29, 1.82) is 0 Å². The third-order valence-corrected chi connectivity index (χ3v) is 6.14. The minimum absolute atomic E-state index is 0.00380. The number of amides is 3. The van der Waals surface area contributed by atoms with Gasteiger partial charge in [0.25, 0.3) is 16.7 Å². The molecule has 0 spiro atoms. The highest BCUT2D eigenvalue weighted by Gasteiger charge is 2.34. The lowest BCUT2D eigenvalue weighted by molar-refractivity contribution is -0.124. The van der Waals surface area contributed by atoms with Gasteiger partial charge in [0.2, 0.25) is 5.91 Å². The molecule has 34 heavy (non-hydrogen) atoms. The average molecular weight is 486 g/mol. The Morgan fingerprint density at radius 3 is 2.53 bits per heavy atom. The van der Waals surface area contributed by atoms with E-state index < -0.39 is 34.1 Å². The number of carbonyl (C=O) groups is 3. The predicted molar refractivity (Wildman–Crippen MR) is 122 cm³/mol. The van der Waals surface area contributed by atoms with E-state index in [0.717, 1.165) is 21.2 Å². The molecule has 1 saturated heterocycles. The molecule has 1 aliphatic rings. The number of rotatable bonds is 6. The van der Waals surface area contributed by atoms with E-state index in [4.69, 9.17) is 0 Å². The Morgan fingerprint density at radius 2 is 1.82 bits per heavy atom. The molecule has 3 heterocycles. The van der Waals surface area contributed by atoms with Crippen LogP contribution in [0.2, 0.25) is 0 Å². The Bertz CT molecular complexity index is 1470. The maximum absolute atomic E-state index is 13.0. The van der Waals surface area contributed by atoms with Crippen molar-refractivity contribution in [1.82, 2.24) is 28.9 Å². The van der Waals surface area contributed by atoms with Crippen LogP contribution < -0.4 is 16.6 Å². The summed E-state index contributed by atoms with van der Waals surface area (Å²) in [6, 6.07) is 5.50. The topological polar surface area (TPSA) is 128 Å². The SMILES string of the molecule is Cn1c(=O)c2c(ncn2CC(=O)NCCN2C(=O)S/C(=C/c3ccc(F)cc3)C2=O)n(C)c1=O. The molecule has 3 aromatic rings. The number of thioether (sulfide) groups is 1. The van der Waals surface area contributed by atoms with Crippen LogP contribution >= 0.6 is 11.8 Å². The van der Waals surface area contributed by atoms with Gasteiger partial charge in [0.05, 0.1) is 11.2 Å². The average Bonchev–Trinajstić information content (AvgIpc) is 3.33. The summed E-state index contributed by atoms with van der Waals surface area (Å²) in [4.78, 5) is 66.9. The largest absolute Gasteiger partial charge is 0.353 e. The molecule has 1 fully saturated rings. The molecule has 4 rings (SSSR count). The predicted octanol–water partition coefficient (Wildman–Crippen LogP) is 0.425. The number of benzene rings is 1.